The highest BCUT2D eigenvalue weighted by molar-refractivity contribution is 7.99. The van der Waals surface area contributed by atoms with E-state index >= 15 is 0 Å². The molecule has 0 aliphatic carbocycles. The standard InChI is InChI=1S/C13H17NO2S/c1-8-3-5-11-13(9(8)2)14-10(7-17-11)4-6-12(15)16/h3,5,10,14H,4,6-7H2,1-2H3,(H,15,16). The Morgan fingerprint density at radius 3 is 3.00 bits per heavy atom. The van der Waals surface area contributed by atoms with Crippen LogP contribution in [0.5, 0.6) is 0 Å². The summed E-state index contributed by atoms with van der Waals surface area (Å²) < 4.78 is 0. The Labute approximate surface area is 106 Å². The summed E-state index contributed by atoms with van der Waals surface area (Å²) in [5.74, 6) is 0.228. The Morgan fingerprint density at radius 1 is 1.53 bits per heavy atom. The summed E-state index contributed by atoms with van der Waals surface area (Å²) in [6.07, 6.45) is 0.924. The molecule has 0 radical (unpaired) electrons. The number of thioether (sulfide) groups is 1. The molecule has 2 rings (SSSR count). The molecular formula is C13H17NO2S. The maximum Gasteiger partial charge on any atom is 0.303 e. The first-order chi connectivity index (χ1) is 8.08. The Hall–Kier alpha value is -1.16. The summed E-state index contributed by atoms with van der Waals surface area (Å²) in [7, 11) is 0. The lowest BCUT2D eigenvalue weighted by molar-refractivity contribution is -0.137. The van der Waals surface area contributed by atoms with Crippen LogP contribution in [-0.2, 0) is 4.79 Å². The molecule has 1 heterocycles. The van der Waals surface area contributed by atoms with Crippen LogP contribution in [0.1, 0.15) is 24.0 Å². The Balaban J connectivity index is 2.12. The average Bonchev–Trinajstić information content (AvgIpc) is 2.31. The molecule has 1 aromatic rings. The normalized spacial score (nSPS) is 18.4. The predicted octanol–water partition coefficient (Wildman–Crippen LogP) is 3.05. The molecule has 4 heteroatoms. The van der Waals surface area contributed by atoms with Gasteiger partial charge in [0.1, 0.15) is 0 Å². The van der Waals surface area contributed by atoms with Crippen molar-refractivity contribution in [2.45, 2.75) is 37.6 Å². The fourth-order valence-electron chi connectivity index (χ4n) is 1.98. The maximum atomic E-state index is 10.6. The van der Waals surface area contributed by atoms with Crippen LogP contribution in [0, 0.1) is 13.8 Å². The number of anilines is 1. The van der Waals surface area contributed by atoms with Crippen molar-refractivity contribution in [3.8, 4) is 0 Å². The van der Waals surface area contributed by atoms with Crippen LogP contribution >= 0.6 is 11.8 Å². The van der Waals surface area contributed by atoms with E-state index in [1.165, 1.54) is 21.7 Å². The van der Waals surface area contributed by atoms with Crippen LogP contribution in [0.15, 0.2) is 17.0 Å². The van der Waals surface area contributed by atoms with Gasteiger partial charge in [0.15, 0.2) is 0 Å². The molecule has 1 aromatic carbocycles. The van der Waals surface area contributed by atoms with Crippen molar-refractivity contribution in [3.63, 3.8) is 0 Å². The van der Waals surface area contributed by atoms with Gasteiger partial charge in [0.25, 0.3) is 0 Å². The van der Waals surface area contributed by atoms with Crippen molar-refractivity contribution in [2.24, 2.45) is 0 Å². The molecule has 2 N–H and O–H groups in total. The van der Waals surface area contributed by atoms with Gasteiger partial charge >= 0.3 is 5.97 Å². The molecule has 92 valence electrons. The first kappa shape index (κ1) is 12.3. The molecule has 0 fully saturated rings. The zero-order chi connectivity index (χ0) is 12.4. The van der Waals surface area contributed by atoms with E-state index in [0.29, 0.717) is 6.42 Å². The number of aliphatic carboxylic acids is 1. The first-order valence-corrected chi connectivity index (χ1v) is 6.78. The van der Waals surface area contributed by atoms with Crippen LogP contribution in [0.2, 0.25) is 0 Å². The highest BCUT2D eigenvalue weighted by Gasteiger charge is 2.20. The topological polar surface area (TPSA) is 49.3 Å². The van der Waals surface area contributed by atoms with E-state index in [4.69, 9.17) is 5.11 Å². The zero-order valence-electron chi connectivity index (χ0n) is 10.1. The fourth-order valence-corrected chi connectivity index (χ4v) is 3.13. The molecule has 0 saturated carbocycles. The minimum atomic E-state index is -0.719. The molecule has 1 aliphatic rings. The number of hydrogen-bond donors (Lipinski definition) is 2. The van der Waals surface area contributed by atoms with Crippen LogP contribution in [0.25, 0.3) is 0 Å². The third-order valence-corrected chi connectivity index (χ3v) is 4.41. The lowest BCUT2D eigenvalue weighted by atomic mass is 10.1. The number of carboxylic acid groups (broad SMARTS) is 1. The fraction of sp³-hybridized carbons (Fsp3) is 0.462. The lowest BCUT2D eigenvalue weighted by Gasteiger charge is -2.28. The van der Waals surface area contributed by atoms with Crippen LogP contribution in [0.4, 0.5) is 5.69 Å². The summed E-state index contributed by atoms with van der Waals surface area (Å²) in [4.78, 5) is 11.9. The lowest BCUT2D eigenvalue weighted by Crippen LogP contribution is -2.27. The van der Waals surface area contributed by atoms with Crippen LogP contribution in [0.3, 0.4) is 0 Å². The Morgan fingerprint density at radius 2 is 2.29 bits per heavy atom. The number of carboxylic acids is 1. The molecule has 0 amide bonds. The van der Waals surface area contributed by atoms with E-state index in [-0.39, 0.29) is 12.5 Å². The van der Waals surface area contributed by atoms with E-state index < -0.39 is 5.97 Å². The number of benzene rings is 1. The van der Waals surface area contributed by atoms with Gasteiger partial charge in [-0.1, -0.05) is 6.07 Å². The Bertz CT molecular complexity index is 445. The molecule has 0 aromatic heterocycles. The molecule has 17 heavy (non-hydrogen) atoms. The number of fused-ring (bicyclic) bond motifs is 1. The smallest absolute Gasteiger partial charge is 0.303 e. The summed E-state index contributed by atoms with van der Waals surface area (Å²) in [5, 5.41) is 12.2. The Kier molecular flexibility index (Phi) is 3.62. The third kappa shape index (κ3) is 2.75. The molecule has 1 atom stereocenters. The quantitative estimate of drug-likeness (QED) is 0.867. The predicted molar refractivity (Wildman–Crippen MR) is 70.9 cm³/mol. The number of aryl methyl sites for hydroxylation is 1. The molecular weight excluding hydrogens is 234 g/mol. The number of hydrogen-bond acceptors (Lipinski definition) is 3. The maximum absolute atomic E-state index is 10.6. The number of rotatable bonds is 3. The minimum absolute atomic E-state index is 0.235. The van der Waals surface area contributed by atoms with E-state index in [9.17, 15) is 4.79 Å². The van der Waals surface area contributed by atoms with Crippen molar-refractivity contribution in [1.29, 1.82) is 0 Å². The monoisotopic (exact) mass is 251 g/mol. The minimum Gasteiger partial charge on any atom is -0.481 e. The average molecular weight is 251 g/mol. The first-order valence-electron chi connectivity index (χ1n) is 5.79. The molecule has 0 spiro atoms. The summed E-state index contributed by atoms with van der Waals surface area (Å²) >= 11 is 1.82. The second kappa shape index (κ2) is 5.00. The SMILES string of the molecule is Cc1ccc2c(c1C)NC(CCC(=O)O)CS2. The summed E-state index contributed by atoms with van der Waals surface area (Å²) in [6, 6.07) is 4.55. The molecule has 1 aliphatic heterocycles. The van der Waals surface area contributed by atoms with Gasteiger partial charge in [0.05, 0.1) is 5.69 Å². The molecule has 0 bridgehead atoms. The van der Waals surface area contributed by atoms with E-state index in [2.05, 4.69) is 31.3 Å². The van der Waals surface area contributed by atoms with Crippen LogP contribution < -0.4 is 5.32 Å². The third-order valence-electron chi connectivity index (χ3n) is 3.19. The second-order valence-electron chi connectivity index (χ2n) is 4.47. The van der Waals surface area contributed by atoms with Crippen molar-refractivity contribution in [2.75, 3.05) is 11.1 Å². The van der Waals surface area contributed by atoms with Crippen molar-refractivity contribution < 1.29 is 9.90 Å². The number of nitrogens with one attached hydrogen (secondary N) is 1. The van der Waals surface area contributed by atoms with Gasteiger partial charge in [-0.15, -0.1) is 11.8 Å². The highest BCUT2D eigenvalue weighted by Crippen LogP contribution is 2.37. The van der Waals surface area contributed by atoms with Crippen molar-refractivity contribution in [3.05, 3.63) is 23.3 Å². The highest BCUT2D eigenvalue weighted by atomic mass is 32.2. The largest absolute Gasteiger partial charge is 0.481 e. The summed E-state index contributed by atoms with van der Waals surface area (Å²) in [5.41, 5.74) is 3.74. The van der Waals surface area contributed by atoms with E-state index in [1.807, 2.05) is 11.8 Å². The van der Waals surface area contributed by atoms with Crippen molar-refractivity contribution in [1.82, 2.24) is 0 Å². The van der Waals surface area contributed by atoms with E-state index in [0.717, 1.165) is 5.75 Å². The van der Waals surface area contributed by atoms with Gasteiger partial charge in [-0.05, 0) is 37.5 Å². The molecule has 1 unspecified atom stereocenters. The summed E-state index contributed by atoms with van der Waals surface area (Å²) in [6.45, 7) is 4.21. The van der Waals surface area contributed by atoms with E-state index in [1.54, 1.807) is 0 Å². The van der Waals surface area contributed by atoms with Gasteiger partial charge in [-0.2, -0.15) is 0 Å². The van der Waals surface area contributed by atoms with Gasteiger partial charge in [0, 0.05) is 23.1 Å². The number of carbonyl (C=O) groups is 1. The molecule has 0 saturated heterocycles. The van der Waals surface area contributed by atoms with Crippen LogP contribution in [-0.4, -0.2) is 22.9 Å². The van der Waals surface area contributed by atoms with Gasteiger partial charge < -0.3 is 10.4 Å². The molecule has 3 nitrogen and oxygen atoms in total. The van der Waals surface area contributed by atoms with Gasteiger partial charge in [-0.25, -0.2) is 0 Å². The second-order valence-corrected chi connectivity index (χ2v) is 5.53. The zero-order valence-corrected chi connectivity index (χ0v) is 10.9. The van der Waals surface area contributed by atoms with Crippen molar-refractivity contribution >= 4 is 23.4 Å². The van der Waals surface area contributed by atoms with Gasteiger partial charge in [0.2, 0.25) is 0 Å². The van der Waals surface area contributed by atoms with Gasteiger partial charge in [-0.3, -0.25) is 4.79 Å².